The SMILES string of the molecule is COc1ccc(N(CC(=O)N(Cc2c(Cl)cccc2Cl)[C@H](Cc2ccccc2)C(=O)NC(C)(C)C)S(=O)(=O)c2ccccc2)cc1OC. The van der Waals surface area contributed by atoms with Gasteiger partial charge in [0, 0.05) is 40.2 Å². The van der Waals surface area contributed by atoms with Crippen molar-refractivity contribution >= 4 is 50.7 Å². The summed E-state index contributed by atoms with van der Waals surface area (Å²) < 4.78 is 40.3. The minimum Gasteiger partial charge on any atom is -0.493 e. The standard InChI is InChI=1S/C36H39Cl2N3O6S/c1-36(2,3)39-35(43)31(21-25-13-8-6-9-14-25)40(23-28-29(37)17-12-18-30(28)38)34(42)24-41(48(44,45)27-15-10-7-11-16-27)26-19-20-32(46-4)33(22-26)47-5/h6-20,22,31H,21,23-24H2,1-5H3,(H,39,43)/t31-/m1/s1. The quantitative estimate of drug-likeness (QED) is 0.164. The number of benzene rings is 4. The summed E-state index contributed by atoms with van der Waals surface area (Å²) >= 11 is 13.2. The van der Waals surface area contributed by atoms with Crippen LogP contribution >= 0.6 is 23.2 Å². The van der Waals surface area contributed by atoms with Crippen molar-refractivity contribution in [1.82, 2.24) is 10.2 Å². The highest BCUT2D eigenvalue weighted by atomic mass is 35.5. The monoisotopic (exact) mass is 711 g/mol. The van der Waals surface area contributed by atoms with E-state index in [4.69, 9.17) is 32.7 Å². The molecule has 0 saturated carbocycles. The molecule has 0 bridgehead atoms. The van der Waals surface area contributed by atoms with E-state index in [0.717, 1.165) is 9.87 Å². The van der Waals surface area contributed by atoms with Crippen molar-refractivity contribution < 1.29 is 27.5 Å². The zero-order valence-electron chi connectivity index (χ0n) is 27.4. The number of anilines is 1. The summed E-state index contributed by atoms with van der Waals surface area (Å²) in [6.07, 6.45) is 0.137. The number of hydrogen-bond donors (Lipinski definition) is 1. The van der Waals surface area contributed by atoms with Crippen molar-refractivity contribution in [1.29, 1.82) is 0 Å². The molecule has 0 fully saturated rings. The number of carbonyl (C=O) groups excluding carboxylic acids is 2. The number of rotatable bonds is 13. The summed E-state index contributed by atoms with van der Waals surface area (Å²) in [5, 5.41) is 3.59. The number of ether oxygens (including phenoxy) is 2. The third-order valence-corrected chi connectivity index (χ3v) is 9.92. The zero-order chi connectivity index (χ0) is 35.1. The van der Waals surface area contributed by atoms with Gasteiger partial charge in [0.2, 0.25) is 11.8 Å². The highest BCUT2D eigenvalue weighted by Crippen LogP contribution is 2.34. The number of nitrogens with one attached hydrogen (secondary N) is 1. The van der Waals surface area contributed by atoms with Crippen molar-refractivity contribution in [3.05, 3.63) is 118 Å². The van der Waals surface area contributed by atoms with Crippen LogP contribution in [0.5, 0.6) is 11.5 Å². The van der Waals surface area contributed by atoms with E-state index < -0.39 is 40.0 Å². The molecule has 4 aromatic rings. The second kappa shape index (κ2) is 15.8. The lowest BCUT2D eigenvalue weighted by Gasteiger charge is -2.35. The lowest BCUT2D eigenvalue weighted by molar-refractivity contribution is -0.140. The number of hydrogen-bond acceptors (Lipinski definition) is 6. The van der Waals surface area contributed by atoms with Crippen LogP contribution in [0.1, 0.15) is 31.9 Å². The zero-order valence-corrected chi connectivity index (χ0v) is 29.8. The number of carbonyl (C=O) groups is 2. The minimum absolute atomic E-state index is 0.0282. The molecule has 0 aromatic heterocycles. The number of nitrogens with zero attached hydrogens (tertiary/aromatic N) is 2. The fourth-order valence-electron chi connectivity index (χ4n) is 5.09. The molecule has 0 unspecified atom stereocenters. The van der Waals surface area contributed by atoms with Gasteiger partial charge in [0.15, 0.2) is 11.5 Å². The van der Waals surface area contributed by atoms with Gasteiger partial charge < -0.3 is 19.7 Å². The van der Waals surface area contributed by atoms with Gasteiger partial charge in [-0.05, 0) is 62.7 Å². The summed E-state index contributed by atoms with van der Waals surface area (Å²) in [6.45, 7) is 4.69. The minimum atomic E-state index is -4.31. The largest absolute Gasteiger partial charge is 0.493 e. The summed E-state index contributed by atoms with van der Waals surface area (Å²) in [5.74, 6) is -0.444. The van der Waals surface area contributed by atoms with Gasteiger partial charge >= 0.3 is 0 Å². The molecule has 9 nitrogen and oxygen atoms in total. The van der Waals surface area contributed by atoms with Crippen LogP contribution < -0.4 is 19.1 Å². The first kappa shape index (κ1) is 36.6. The van der Waals surface area contributed by atoms with E-state index in [1.807, 2.05) is 51.1 Å². The van der Waals surface area contributed by atoms with E-state index in [-0.39, 0.29) is 29.3 Å². The molecule has 0 aliphatic heterocycles. The maximum Gasteiger partial charge on any atom is 0.264 e. The first-order valence-electron chi connectivity index (χ1n) is 15.1. The van der Waals surface area contributed by atoms with Crippen LogP contribution in [0.15, 0.2) is 102 Å². The van der Waals surface area contributed by atoms with Crippen LogP contribution in [0.2, 0.25) is 10.0 Å². The van der Waals surface area contributed by atoms with Gasteiger partial charge in [-0.1, -0.05) is 77.8 Å². The third-order valence-electron chi connectivity index (χ3n) is 7.42. The molecule has 0 aliphatic rings. The smallest absolute Gasteiger partial charge is 0.264 e. The second-order valence-electron chi connectivity index (χ2n) is 12.0. The summed E-state index contributed by atoms with van der Waals surface area (Å²) in [5.41, 5.74) is 0.729. The van der Waals surface area contributed by atoms with Gasteiger partial charge in [0.25, 0.3) is 10.0 Å². The lowest BCUT2D eigenvalue weighted by Crippen LogP contribution is -2.56. The molecule has 48 heavy (non-hydrogen) atoms. The van der Waals surface area contributed by atoms with Crippen LogP contribution in [0.4, 0.5) is 5.69 Å². The molecule has 2 amide bonds. The Hall–Kier alpha value is -4.25. The fraction of sp³-hybridized carbons (Fsp3) is 0.278. The lowest BCUT2D eigenvalue weighted by atomic mass is 10.0. The maximum absolute atomic E-state index is 14.7. The Kier molecular flexibility index (Phi) is 12.0. The molecule has 4 aromatic carbocycles. The van der Waals surface area contributed by atoms with Crippen LogP contribution in [-0.2, 0) is 32.6 Å². The van der Waals surface area contributed by atoms with Crippen molar-refractivity contribution in [3.63, 3.8) is 0 Å². The maximum atomic E-state index is 14.7. The fourth-order valence-corrected chi connectivity index (χ4v) is 7.03. The van der Waals surface area contributed by atoms with Gasteiger partial charge in [0.1, 0.15) is 12.6 Å². The van der Waals surface area contributed by atoms with Crippen LogP contribution in [-0.4, -0.2) is 57.5 Å². The Bertz CT molecular complexity index is 1810. The van der Waals surface area contributed by atoms with Crippen molar-refractivity contribution in [2.24, 2.45) is 0 Å². The molecule has 0 aliphatic carbocycles. The average Bonchev–Trinajstić information content (AvgIpc) is 3.06. The first-order valence-corrected chi connectivity index (χ1v) is 17.3. The summed E-state index contributed by atoms with van der Waals surface area (Å²) in [6, 6.07) is 25.5. The molecule has 1 atom stereocenters. The predicted octanol–water partition coefficient (Wildman–Crippen LogP) is 6.76. The number of methoxy groups -OCH3 is 2. The van der Waals surface area contributed by atoms with E-state index >= 15 is 0 Å². The van der Waals surface area contributed by atoms with Gasteiger partial charge in [-0.15, -0.1) is 0 Å². The van der Waals surface area contributed by atoms with Gasteiger partial charge in [-0.3, -0.25) is 13.9 Å². The van der Waals surface area contributed by atoms with Crippen molar-refractivity contribution in [3.8, 4) is 11.5 Å². The van der Waals surface area contributed by atoms with E-state index in [1.165, 1.54) is 43.4 Å². The Morgan fingerprint density at radius 1 is 0.812 bits per heavy atom. The predicted molar refractivity (Wildman–Crippen MR) is 189 cm³/mol. The van der Waals surface area contributed by atoms with E-state index in [9.17, 15) is 18.0 Å². The van der Waals surface area contributed by atoms with Gasteiger partial charge in [0.05, 0.1) is 24.8 Å². The number of halogens is 2. The molecule has 1 N–H and O–H groups in total. The first-order chi connectivity index (χ1) is 22.7. The third kappa shape index (κ3) is 9.00. The van der Waals surface area contributed by atoms with E-state index in [2.05, 4.69) is 5.32 Å². The van der Waals surface area contributed by atoms with Crippen LogP contribution in [0.25, 0.3) is 0 Å². The molecule has 0 radical (unpaired) electrons. The molecule has 0 spiro atoms. The molecular formula is C36H39Cl2N3O6S. The average molecular weight is 713 g/mol. The Morgan fingerprint density at radius 2 is 1.40 bits per heavy atom. The summed E-state index contributed by atoms with van der Waals surface area (Å²) in [7, 11) is -1.42. The molecular weight excluding hydrogens is 673 g/mol. The van der Waals surface area contributed by atoms with Gasteiger partial charge in [-0.25, -0.2) is 8.42 Å². The topological polar surface area (TPSA) is 105 Å². The normalized spacial score (nSPS) is 12.1. The van der Waals surface area contributed by atoms with Gasteiger partial charge in [-0.2, -0.15) is 0 Å². The van der Waals surface area contributed by atoms with Crippen LogP contribution in [0, 0.1) is 0 Å². The second-order valence-corrected chi connectivity index (χ2v) is 14.7. The number of amides is 2. The molecule has 0 saturated heterocycles. The van der Waals surface area contributed by atoms with E-state index in [0.29, 0.717) is 21.4 Å². The number of sulfonamides is 1. The van der Waals surface area contributed by atoms with E-state index in [1.54, 1.807) is 42.5 Å². The molecule has 4 rings (SSSR count). The molecule has 254 valence electrons. The van der Waals surface area contributed by atoms with Crippen molar-refractivity contribution in [2.45, 2.75) is 50.2 Å². The molecule has 12 heteroatoms. The Morgan fingerprint density at radius 3 is 1.96 bits per heavy atom. The highest BCUT2D eigenvalue weighted by Gasteiger charge is 2.36. The van der Waals surface area contributed by atoms with Crippen LogP contribution in [0.3, 0.4) is 0 Å². The van der Waals surface area contributed by atoms with Crippen molar-refractivity contribution in [2.75, 3.05) is 25.1 Å². The summed E-state index contributed by atoms with van der Waals surface area (Å²) in [4.78, 5) is 30.1. The Balaban J connectivity index is 1.88. The highest BCUT2D eigenvalue weighted by molar-refractivity contribution is 7.92. The molecule has 0 heterocycles. The Labute approximate surface area is 292 Å².